The molecule has 4 heteroatoms. The summed E-state index contributed by atoms with van der Waals surface area (Å²) in [6.07, 6.45) is 7.16. The van der Waals surface area contributed by atoms with E-state index in [-0.39, 0.29) is 5.41 Å². The third kappa shape index (κ3) is 5.20. The normalized spacial score (nSPS) is 31.1. The number of aliphatic hydroxyl groups excluding tert-OH is 1. The quantitative estimate of drug-likeness (QED) is 0.719. The lowest BCUT2D eigenvalue weighted by Crippen LogP contribution is -2.51. The molecule has 0 aliphatic carbocycles. The first-order valence-corrected chi connectivity index (χ1v) is 8.81. The smallest absolute Gasteiger partial charge is 0.0546 e. The SMILES string of the molecule is CC(C)NCC1(CN2CCCC2CCCO)CCCOC1. The summed E-state index contributed by atoms with van der Waals surface area (Å²) < 4.78 is 5.84. The van der Waals surface area contributed by atoms with Gasteiger partial charge in [-0.05, 0) is 45.1 Å². The predicted molar refractivity (Wildman–Crippen MR) is 86.5 cm³/mol. The standard InChI is InChI=1S/C17H34N2O2/c1-15(2)18-12-17(8-5-11-21-14-17)13-19-9-3-6-16(19)7-4-10-20/h15-16,18,20H,3-14H2,1-2H3. The van der Waals surface area contributed by atoms with Gasteiger partial charge in [0.15, 0.2) is 0 Å². The zero-order valence-corrected chi connectivity index (χ0v) is 13.9. The molecule has 2 heterocycles. The van der Waals surface area contributed by atoms with Crippen LogP contribution in [0.4, 0.5) is 0 Å². The zero-order chi connectivity index (χ0) is 15.1. The lowest BCUT2D eigenvalue weighted by atomic mass is 9.81. The Hall–Kier alpha value is -0.160. The highest BCUT2D eigenvalue weighted by Crippen LogP contribution is 2.33. The number of aliphatic hydroxyl groups is 1. The molecule has 4 nitrogen and oxygen atoms in total. The van der Waals surface area contributed by atoms with Gasteiger partial charge in [-0.3, -0.25) is 4.90 Å². The summed E-state index contributed by atoms with van der Waals surface area (Å²) in [6, 6.07) is 1.21. The number of hydrogen-bond donors (Lipinski definition) is 2. The maximum atomic E-state index is 9.08. The number of hydrogen-bond acceptors (Lipinski definition) is 4. The van der Waals surface area contributed by atoms with Crippen molar-refractivity contribution >= 4 is 0 Å². The predicted octanol–water partition coefficient (Wildman–Crippen LogP) is 2.02. The van der Waals surface area contributed by atoms with Crippen LogP contribution in [0.15, 0.2) is 0 Å². The van der Waals surface area contributed by atoms with Crippen LogP contribution < -0.4 is 5.32 Å². The molecule has 0 amide bonds. The largest absolute Gasteiger partial charge is 0.396 e. The van der Waals surface area contributed by atoms with Gasteiger partial charge in [0.1, 0.15) is 0 Å². The summed E-state index contributed by atoms with van der Waals surface area (Å²) in [7, 11) is 0. The van der Waals surface area contributed by atoms with Crippen molar-refractivity contribution in [3.8, 4) is 0 Å². The number of likely N-dealkylation sites (tertiary alicyclic amines) is 1. The van der Waals surface area contributed by atoms with E-state index in [1.54, 1.807) is 0 Å². The minimum Gasteiger partial charge on any atom is -0.396 e. The Labute approximate surface area is 130 Å². The van der Waals surface area contributed by atoms with E-state index in [1.807, 2.05) is 0 Å². The number of ether oxygens (including phenoxy) is 1. The molecular weight excluding hydrogens is 264 g/mol. The van der Waals surface area contributed by atoms with Gasteiger partial charge in [-0.15, -0.1) is 0 Å². The molecule has 0 spiro atoms. The highest BCUT2D eigenvalue weighted by Gasteiger charge is 2.37. The van der Waals surface area contributed by atoms with Gasteiger partial charge in [0.25, 0.3) is 0 Å². The molecule has 0 bridgehead atoms. The van der Waals surface area contributed by atoms with Crippen LogP contribution in [-0.4, -0.2) is 61.5 Å². The van der Waals surface area contributed by atoms with Crippen LogP contribution in [-0.2, 0) is 4.74 Å². The molecule has 0 aromatic heterocycles. The Bertz CT molecular complexity index is 291. The van der Waals surface area contributed by atoms with Crippen molar-refractivity contribution in [1.29, 1.82) is 0 Å². The van der Waals surface area contributed by atoms with E-state index in [2.05, 4.69) is 24.1 Å². The van der Waals surface area contributed by atoms with Gasteiger partial charge in [0.2, 0.25) is 0 Å². The Balaban J connectivity index is 1.93. The lowest BCUT2D eigenvalue weighted by molar-refractivity contribution is -0.0295. The van der Waals surface area contributed by atoms with Crippen LogP contribution in [0.25, 0.3) is 0 Å². The molecule has 2 rings (SSSR count). The topological polar surface area (TPSA) is 44.7 Å². The molecule has 21 heavy (non-hydrogen) atoms. The molecular formula is C17H34N2O2. The van der Waals surface area contributed by atoms with E-state index in [9.17, 15) is 0 Å². The third-order valence-corrected chi connectivity index (χ3v) is 5.02. The average Bonchev–Trinajstić information content (AvgIpc) is 2.91. The Kier molecular flexibility index (Phi) is 6.93. The number of rotatable bonds is 8. The van der Waals surface area contributed by atoms with Crippen LogP contribution in [0.5, 0.6) is 0 Å². The summed E-state index contributed by atoms with van der Waals surface area (Å²) in [5, 5.41) is 12.7. The van der Waals surface area contributed by atoms with Crippen LogP contribution in [0, 0.1) is 5.41 Å². The van der Waals surface area contributed by atoms with E-state index >= 15 is 0 Å². The van der Waals surface area contributed by atoms with Crippen molar-refractivity contribution in [1.82, 2.24) is 10.2 Å². The summed E-state index contributed by atoms with van der Waals surface area (Å²) in [4.78, 5) is 2.67. The fraction of sp³-hybridized carbons (Fsp3) is 1.00. The van der Waals surface area contributed by atoms with E-state index < -0.39 is 0 Å². The van der Waals surface area contributed by atoms with E-state index in [0.29, 0.717) is 18.7 Å². The second-order valence-electron chi connectivity index (χ2n) is 7.32. The van der Waals surface area contributed by atoms with Gasteiger partial charge in [0, 0.05) is 43.8 Å². The number of nitrogens with one attached hydrogen (secondary N) is 1. The van der Waals surface area contributed by atoms with Crippen molar-refractivity contribution < 1.29 is 9.84 Å². The maximum absolute atomic E-state index is 9.08. The second-order valence-corrected chi connectivity index (χ2v) is 7.32. The van der Waals surface area contributed by atoms with Crippen molar-refractivity contribution in [3.05, 3.63) is 0 Å². The number of nitrogens with zero attached hydrogens (tertiary/aromatic N) is 1. The Morgan fingerprint density at radius 2 is 2.24 bits per heavy atom. The van der Waals surface area contributed by atoms with Crippen molar-refractivity contribution in [2.24, 2.45) is 5.41 Å². The molecule has 2 unspecified atom stereocenters. The van der Waals surface area contributed by atoms with Gasteiger partial charge in [0.05, 0.1) is 6.61 Å². The van der Waals surface area contributed by atoms with Crippen molar-refractivity contribution in [3.63, 3.8) is 0 Å². The highest BCUT2D eigenvalue weighted by molar-refractivity contribution is 4.91. The van der Waals surface area contributed by atoms with Gasteiger partial charge in [-0.1, -0.05) is 13.8 Å². The summed E-state index contributed by atoms with van der Waals surface area (Å²) >= 11 is 0. The molecule has 2 fully saturated rings. The van der Waals surface area contributed by atoms with Gasteiger partial charge in [-0.2, -0.15) is 0 Å². The first kappa shape index (κ1) is 17.2. The Morgan fingerprint density at radius 1 is 1.38 bits per heavy atom. The monoisotopic (exact) mass is 298 g/mol. The van der Waals surface area contributed by atoms with E-state index in [0.717, 1.165) is 39.1 Å². The molecule has 0 saturated carbocycles. The van der Waals surface area contributed by atoms with E-state index in [1.165, 1.54) is 32.2 Å². The molecule has 2 saturated heterocycles. The second kappa shape index (κ2) is 8.47. The zero-order valence-electron chi connectivity index (χ0n) is 13.9. The molecule has 124 valence electrons. The fourth-order valence-corrected chi connectivity index (χ4v) is 3.84. The molecule has 2 aliphatic heterocycles. The molecule has 2 atom stereocenters. The Morgan fingerprint density at radius 3 is 2.90 bits per heavy atom. The molecule has 2 N–H and O–H groups in total. The van der Waals surface area contributed by atoms with Crippen molar-refractivity contribution in [2.45, 2.75) is 64.5 Å². The molecule has 2 aliphatic rings. The fourth-order valence-electron chi connectivity index (χ4n) is 3.84. The summed E-state index contributed by atoms with van der Waals surface area (Å²) in [6.45, 7) is 10.0. The lowest BCUT2D eigenvalue weighted by Gasteiger charge is -2.42. The first-order chi connectivity index (χ1) is 10.2. The van der Waals surface area contributed by atoms with E-state index in [4.69, 9.17) is 9.84 Å². The van der Waals surface area contributed by atoms with Crippen molar-refractivity contribution in [2.75, 3.05) is 39.5 Å². The minimum atomic E-state index is 0.282. The highest BCUT2D eigenvalue weighted by atomic mass is 16.5. The molecule has 0 radical (unpaired) electrons. The van der Waals surface area contributed by atoms with Crippen LogP contribution in [0.1, 0.15) is 52.4 Å². The minimum absolute atomic E-state index is 0.282. The summed E-state index contributed by atoms with van der Waals surface area (Å²) in [5.74, 6) is 0. The average molecular weight is 298 g/mol. The van der Waals surface area contributed by atoms with Crippen LogP contribution in [0.3, 0.4) is 0 Å². The third-order valence-electron chi connectivity index (χ3n) is 5.02. The summed E-state index contributed by atoms with van der Waals surface area (Å²) in [5.41, 5.74) is 0.282. The first-order valence-electron chi connectivity index (χ1n) is 8.81. The van der Waals surface area contributed by atoms with Gasteiger partial charge >= 0.3 is 0 Å². The maximum Gasteiger partial charge on any atom is 0.0546 e. The van der Waals surface area contributed by atoms with Crippen LogP contribution in [0.2, 0.25) is 0 Å². The van der Waals surface area contributed by atoms with Crippen LogP contribution >= 0.6 is 0 Å². The molecule has 0 aromatic carbocycles. The molecule has 0 aromatic rings. The van der Waals surface area contributed by atoms with Gasteiger partial charge < -0.3 is 15.2 Å². The van der Waals surface area contributed by atoms with Gasteiger partial charge in [-0.25, -0.2) is 0 Å².